The van der Waals surface area contributed by atoms with Crippen LogP contribution in [0.4, 0.5) is 0 Å². The van der Waals surface area contributed by atoms with Crippen molar-refractivity contribution in [2.45, 2.75) is 12.2 Å². The molecule has 0 radical (unpaired) electrons. The zero-order chi connectivity index (χ0) is 17.3. The third-order valence-electron chi connectivity index (χ3n) is 0.782. The van der Waals surface area contributed by atoms with Crippen LogP contribution in [0, 0.1) is 0 Å². The van der Waals surface area contributed by atoms with E-state index in [0.717, 1.165) is 0 Å². The fourth-order valence-electron chi connectivity index (χ4n) is 0.258. The van der Waals surface area contributed by atoms with Crippen molar-refractivity contribution in [2.24, 2.45) is 0 Å². The first-order valence-corrected chi connectivity index (χ1v) is 6.49. The molecule has 0 rings (SSSR count). The van der Waals surface area contributed by atoms with E-state index in [2.05, 4.69) is 0 Å². The number of hydrogen-bond donors (Lipinski definition) is 9. The standard InChI is InChI=1S/C4H6O6.6H3N.H3O4P.H2O4S/c5-1(3(7)8)2(6)4(9)10;;;;;;;2*1-5(2,3)4/h1-2,5-6H,(H,7,8)(H,9,10);6*1H3;(H3,1,2,3,4);(H2,1,2,3,4). The summed E-state index contributed by atoms with van der Waals surface area (Å²) in [7, 11) is -10.3. The van der Waals surface area contributed by atoms with E-state index in [-0.39, 0.29) is 36.9 Å². The summed E-state index contributed by atoms with van der Waals surface area (Å²) in [5.41, 5.74) is 0. The summed E-state index contributed by atoms with van der Waals surface area (Å²) in [6.07, 6.45) is -4.88. The molecule has 2 atom stereocenters. The predicted octanol–water partition coefficient (Wildman–Crippen LogP) is -6.07. The number of carboxylic acids is 2. The van der Waals surface area contributed by atoms with Gasteiger partial charge in [-0.3, -0.25) is 8.42 Å². The van der Waals surface area contributed by atoms with Gasteiger partial charge >= 0.3 is 0 Å². The fraction of sp³-hybridized carbons (Fsp3) is 0.500. The minimum absolute atomic E-state index is 0. The molecule has 0 aliphatic rings. The van der Waals surface area contributed by atoms with Gasteiger partial charge in [0.15, 0.2) is 0 Å². The molecule has 2 unspecified atom stereocenters. The smallest absolute Gasteiger partial charge is 0.124 e. The van der Waals surface area contributed by atoms with Gasteiger partial charge in [-0.1, -0.05) is 0 Å². The summed E-state index contributed by atoms with van der Waals surface area (Å²) in [5.74, 6) is -4.12. The van der Waals surface area contributed by atoms with Crippen LogP contribution in [0.1, 0.15) is 0 Å². The summed E-state index contributed by atoms with van der Waals surface area (Å²) < 4.78 is 42.7. The molecule has 0 spiro atoms. The first kappa shape index (κ1) is 56.3. The third kappa shape index (κ3) is 93.8. The van der Waals surface area contributed by atoms with E-state index in [1.54, 1.807) is 0 Å². The summed E-state index contributed by atoms with van der Waals surface area (Å²) in [6, 6.07) is 0. The van der Waals surface area contributed by atoms with Gasteiger partial charge in [-0.05, 0) is 0 Å². The average molecular weight is 448 g/mol. The van der Waals surface area contributed by atoms with E-state index >= 15 is 0 Å². The molecule has 27 N–H and O–H groups in total. The van der Waals surface area contributed by atoms with Crippen molar-refractivity contribution >= 4 is 30.2 Å². The molecule has 20 nitrogen and oxygen atoms in total. The van der Waals surface area contributed by atoms with Crippen LogP contribution in [-0.2, 0) is 24.6 Å². The van der Waals surface area contributed by atoms with E-state index in [1.807, 2.05) is 0 Å². The zero-order valence-electron chi connectivity index (χ0n) is 14.8. The highest BCUT2D eigenvalue weighted by Gasteiger charge is 2.17. The highest BCUT2D eigenvalue weighted by Crippen LogP contribution is 2.11. The second-order valence-corrected chi connectivity index (χ2v) is 4.16. The number of quaternary nitrogens is 6. The molecule has 0 saturated heterocycles. The second kappa shape index (κ2) is 23.6. The van der Waals surface area contributed by atoms with Gasteiger partial charge in [0, 0.05) is 10.4 Å². The van der Waals surface area contributed by atoms with E-state index in [4.69, 9.17) is 47.0 Å². The van der Waals surface area contributed by atoms with Gasteiger partial charge in [-0.2, -0.15) is 0 Å². The first-order chi connectivity index (χ1) is 8.46. The average Bonchev–Trinajstić information content (AvgIpc) is 2.09. The van der Waals surface area contributed by atoms with E-state index in [1.165, 1.54) is 0 Å². The maximum atomic E-state index is 9.63. The van der Waals surface area contributed by atoms with Crippen LogP contribution in [0.3, 0.4) is 0 Å². The Morgan fingerprint density at radius 2 is 0.846 bits per heavy atom. The number of phosphoric acid groups is 1. The molecule has 0 amide bonds. The van der Waals surface area contributed by atoms with Gasteiger partial charge in [0.2, 0.25) is 0 Å². The molecule has 0 aromatic rings. The molecule has 0 bridgehead atoms. The van der Waals surface area contributed by atoms with Crippen LogP contribution in [0.15, 0.2) is 0 Å². The molecule has 22 heteroatoms. The quantitative estimate of drug-likeness (QED) is 0.110. The van der Waals surface area contributed by atoms with Crippen molar-refractivity contribution in [3.8, 4) is 0 Å². The maximum absolute atomic E-state index is 9.63. The number of hydrogen-bond acceptors (Lipinski definition) is 13. The Balaban J connectivity index is -0.0000000229. The monoisotopic (exact) mass is 448 g/mol. The molecule has 0 aromatic heterocycles. The lowest BCUT2D eigenvalue weighted by Crippen LogP contribution is -2.51. The van der Waals surface area contributed by atoms with Gasteiger partial charge in [0.05, 0.1) is 19.8 Å². The Bertz CT molecular complexity index is 432. The van der Waals surface area contributed by atoms with Crippen molar-refractivity contribution in [1.29, 1.82) is 0 Å². The lowest BCUT2D eigenvalue weighted by Gasteiger charge is -2.19. The lowest BCUT2D eigenvalue weighted by molar-refractivity contribution is -0.337. The number of carbonyl (C=O) groups is 2. The van der Waals surface area contributed by atoms with E-state index in [9.17, 15) is 19.8 Å². The topological polar surface area (TPSA) is 503 Å². The van der Waals surface area contributed by atoms with Crippen molar-refractivity contribution in [2.75, 3.05) is 0 Å². The highest BCUT2D eigenvalue weighted by molar-refractivity contribution is 7.79. The van der Waals surface area contributed by atoms with Gasteiger partial charge in [-0.15, -0.1) is 0 Å². The Kier molecular flexibility index (Phi) is 51.1. The SMILES string of the molecule is O=C([O-])C(O)C(O)C(=O)[O-].O=P([O-])([O-])O.O=S(=O)([O-])[O-].[NH4+].[NH4+].[NH4+].[NH4+].[NH4+].[NH4+]. The molecule has 0 saturated carbocycles. The molecule has 0 fully saturated rings. The van der Waals surface area contributed by atoms with Gasteiger partial charge in [-0.25, -0.2) is 0 Å². The van der Waals surface area contributed by atoms with Crippen molar-refractivity contribution in [3.05, 3.63) is 0 Å². The maximum Gasteiger partial charge on any atom is 0.124 e. The third-order valence-corrected chi connectivity index (χ3v) is 0.782. The molecule has 0 aliphatic heterocycles. The summed E-state index contributed by atoms with van der Waals surface area (Å²) in [6.45, 7) is 0. The molecule has 0 heterocycles. The number of carboxylic acid groups (broad SMARTS) is 2. The summed E-state index contributed by atoms with van der Waals surface area (Å²) in [5, 5.41) is 35.7. The van der Waals surface area contributed by atoms with Crippen LogP contribution in [0.25, 0.3) is 0 Å². The Hall–Kier alpha value is -1.40. The Morgan fingerprint density at radius 1 is 0.769 bits per heavy atom. The normalized spacial score (nSPS) is 10.6. The van der Waals surface area contributed by atoms with Crippen molar-refractivity contribution < 1.29 is 66.8 Å². The second-order valence-electron chi connectivity index (χ2n) is 2.40. The van der Waals surface area contributed by atoms with Gasteiger partial charge in [0.1, 0.15) is 12.2 Å². The molecule has 0 aromatic carbocycles. The molecule has 26 heavy (non-hydrogen) atoms. The molecular weight excluding hydrogens is 419 g/mol. The van der Waals surface area contributed by atoms with Crippen LogP contribution in [-0.4, -0.2) is 56.8 Å². The predicted molar refractivity (Wildman–Crippen MR) is 78.2 cm³/mol. The first-order valence-electron chi connectivity index (χ1n) is 3.66. The Morgan fingerprint density at radius 3 is 0.885 bits per heavy atom. The summed E-state index contributed by atoms with van der Waals surface area (Å²) in [4.78, 5) is 43.6. The highest BCUT2D eigenvalue weighted by atomic mass is 32.3. The van der Waals surface area contributed by atoms with Crippen molar-refractivity contribution in [3.63, 3.8) is 0 Å². The van der Waals surface area contributed by atoms with Gasteiger partial charge in [0.25, 0.3) is 0 Å². The number of aliphatic hydroxyl groups is 2. The minimum Gasteiger partial charge on any atom is -0.790 e. The molecule has 170 valence electrons. The van der Waals surface area contributed by atoms with Gasteiger partial charge < -0.3 is 95.3 Å². The van der Waals surface area contributed by atoms with Crippen LogP contribution >= 0.6 is 7.82 Å². The summed E-state index contributed by atoms with van der Waals surface area (Å²) >= 11 is 0. The van der Waals surface area contributed by atoms with Crippen LogP contribution in [0.2, 0.25) is 0 Å². The van der Waals surface area contributed by atoms with Crippen LogP contribution < -0.4 is 56.9 Å². The van der Waals surface area contributed by atoms with E-state index < -0.39 is 42.4 Å². The minimum atomic E-state index is -5.17. The molecule has 0 aliphatic carbocycles. The zero-order valence-corrected chi connectivity index (χ0v) is 16.6. The number of carbonyl (C=O) groups excluding carboxylic acids is 2. The molecular formula is C4H29N6O14PS. The fourth-order valence-corrected chi connectivity index (χ4v) is 0.258. The Labute approximate surface area is 147 Å². The number of aliphatic carboxylic acids is 2. The lowest BCUT2D eigenvalue weighted by atomic mass is 10.2. The van der Waals surface area contributed by atoms with Crippen molar-refractivity contribution in [1.82, 2.24) is 36.9 Å². The van der Waals surface area contributed by atoms with E-state index in [0.29, 0.717) is 0 Å². The number of rotatable bonds is 3. The largest absolute Gasteiger partial charge is 0.790 e. The number of aliphatic hydroxyl groups excluding tert-OH is 2. The van der Waals surface area contributed by atoms with Crippen LogP contribution in [0.5, 0.6) is 0 Å².